The molecule has 0 heterocycles. The summed E-state index contributed by atoms with van der Waals surface area (Å²) in [6.07, 6.45) is 2.08. The number of benzene rings is 2. The molecule has 0 atom stereocenters. The van der Waals surface area contributed by atoms with E-state index in [9.17, 15) is 9.59 Å². The first-order valence-corrected chi connectivity index (χ1v) is 9.72. The lowest BCUT2D eigenvalue weighted by Gasteiger charge is -2.20. The second-order valence-corrected chi connectivity index (χ2v) is 7.90. The van der Waals surface area contributed by atoms with Crippen molar-refractivity contribution in [1.82, 2.24) is 5.32 Å². The molecule has 2 N–H and O–H groups in total. The Hall–Kier alpha value is -2.62. The highest BCUT2D eigenvalue weighted by Gasteiger charge is 2.24. The first kappa shape index (κ1) is 19.2. The lowest BCUT2D eigenvalue weighted by atomic mass is 9.92. The minimum Gasteiger partial charge on any atom is -0.349 e. The van der Waals surface area contributed by atoms with Gasteiger partial charge in [-0.05, 0) is 54.0 Å². The monoisotopic (exact) mass is 364 g/mol. The lowest BCUT2D eigenvalue weighted by molar-refractivity contribution is 0.0951. The second kappa shape index (κ2) is 7.95. The van der Waals surface area contributed by atoms with Crippen molar-refractivity contribution in [2.75, 3.05) is 5.32 Å². The van der Waals surface area contributed by atoms with E-state index in [0.29, 0.717) is 29.0 Å². The zero-order valence-electron chi connectivity index (χ0n) is 16.5. The van der Waals surface area contributed by atoms with E-state index < -0.39 is 0 Å². The molecule has 0 unspecified atom stereocenters. The van der Waals surface area contributed by atoms with E-state index in [4.69, 9.17) is 0 Å². The Morgan fingerprint density at radius 1 is 0.852 bits per heavy atom. The summed E-state index contributed by atoms with van der Waals surface area (Å²) in [6, 6.07) is 13.4. The number of rotatable bonds is 6. The largest absolute Gasteiger partial charge is 0.349 e. The highest BCUT2D eigenvalue weighted by molar-refractivity contribution is 6.07. The summed E-state index contributed by atoms with van der Waals surface area (Å²) in [7, 11) is 0. The van der Waals surface area contributed by atoms with Crippen LogP contribution < -0.4 is 10.6 Å². The van der Waals surface area contributed by atoms with Crippen LogP contribution in [0.4, 0.5) is 5.69 Å². The lowest BCUT2D eigenvalue weighted by Crippen LogP contribution is -2.25. The maximum atomic E-state index is 12.9. The molecule has 3 rings (SSSR count). The van der Waals surface area contributed by atoms with Crippen molar-refractivity contribution in [3.05, 3.63) is 64.7 Å². The minimum atomic E-state index is -0.189. The second-order valence-electron chi connectivity index (χ2n) is 7.90. The number of carbonyl (C=O) groups excluding carboxylic acids is 2. The van der Waals surface area contributed by atoms with Gasteiger partial charge in [-0.2, -0.15) is 0 Å². The van der Waals surface area contributed by atoms with Crippen LogP contribution in [0.5, 0.6) is 0 Å². The Labute approximate surface area is 161 Å². The van der Waals surface area contributed by atoms with Gasteiger partial charge in [-0.3, -0.25) is 9.59 Å². The van der Waals surface area contributed by atoms with E-state index in [0.717, 1.165) is 29.7 Å². The summed E-state index contributed by atoms with van der Waals surface area (Å²) in [5.74, 6) is 0.299. The number of hydrogen-bond acceptors (Lipinski definition) is 2. The van der Waals surface area contributed by atoms with Crippen LogP contribution in [-0.4, -0.2) is 17.9 Å². The van der Waals surface area contributed by atoms with Crippen LogP contribution in [0.2, 0.25) is 0 Å². The van der Waals surface area contributed by atoms with Crippen LogP contribution in [0.3, 0.4) is 0 Å². The molecule has 1 fully saturated rings. The Morgan fingerprint density at radius 3 is 1.89 bits per heavy atom. The molecule has 0 radical (unpaired) electrons. The SMILES string of the molecule is CC(C)c1cccc(C(C)C)c1NC(=O)c1cccc(C(=O)NC2CC2)c1. The molecule has 0 bridgehead atoms. The molecule has 2 aromatic rings. The Bertz CT molecular complexity index is 825. The summed E-state index contributed by atoms with van der Waals surface area (Å²) in [5, 5.41) is 6.07. The standard InChI is InChI=1S/C23H28N2O2/c1-14(2)19-9-6-10-20(15(3)4)21(19)25-23(27)17-8-5-7-16(13-17)22(26)24-18-11-12-18/h5-10,13-15,18H,11-12H2,1-4H3,(H,24,26)(H,25,27). The number of hydrogen-bond donors (Lipinski definition) is 2. The van der Waals surface area contributed by atoms with Crippen LogP contribution in [0, 0.1) is 0 Å². The van der Waals surface area contributed by atoms with Crippen LogP contribution in [-0.2, 0) is 0 Å². The highest BCUT2D eigenvalue weighted by Crippen LogP contribution is 2.32. The topological polar surface area (TPSA) is 58.2 Å². The van der Waals surface area contributed by atoms with Crippen molar-refractivity contribution in [2.45, 2.75) is 58.4 Å². The number of anilines is 1. The molecule has 0 spiro atoms. The molecule has 2 aromatic carbocycles. The molecular formula is C23H28N2O2. The number of nitrogens with one attached hydrogen (secondary N) is 2. The smallest absolute Gasteiger partial charge is 0.255 e. The average Bonchev–Trinajstić information content (AvgIpc) is 3.45. The van der Waals surface area contributed by atoms with Gasteiger partial charge in [-0.1, -0.05) is 52.0 Å². The highest BCUT2D eigenvalue weighted by atomic mass is 16.2. The molecule has 142 valence electrons. The van der Waals surface area contributed by atoms with Gasteiger partial charge in [0.2, 0.25) is 0 Å². The van der Waals surface area contributed by atoms with Gasteiger partial charge < -0.3 is 10.6 Å². The van der Waals surface area contributed by atoms with Crippen LogP contribution in [0.15, 0.2) is 42.5 Å². The maximum Gasteiger partial charge on any atom is 0.255 e. The van der Waals surface area contributed by atoms with E-state index in [1.807, 2.05) is 6.07 Å². The Balaban J connectivity index is 1.86. The van der Waals surface area contributed by atoms with Gasteiger partial charge in [0.15, 0.2) is 0 Å². The van der Waals surface area contributed by atoms with E-state index in [-0.39, 0.29) is 11.8 Å². The summed E-state index contributed by atoms with van der Waals surface area (Å²) in [6.45, 7) is 8.49. The summed E-state index contributed by atoms with van der Waals surface area (Å²) in [4.78, 5) is 25.2. The van der Waals surface area contributed by atoms with Crippen molar-refractivity contribution in [1.29, 1.82) is 0 Å². The van der Waals surface area contributed by atoms with E-state index >= 15 is 0 Å². The third-order valence-corrected chi connectivity index (χ3v) is 4.91. The summed E-state index contributed by atoms with van der Waals surface area (Å²) in [5.41, 5.74) is 4.15. The first-order valence-electron chi connectivity index (χ1n) is 9.72. The van der Waals surface area contributed by atoms with Crippen LogP contribution in [0.1, 0.15) is 84.2 Å². The zero-order valence-corrected chi connectivity index (χ0v) is 16.5. The van der Waals surface area contributed by atoms with Gasteiger partial charge >= 0.3 is 0 Å². The van der Waals surface area contributed by atoms with Crippen molar-refractivity contribution in [3.8, 4) is 0 Å². The molecule has 0 aliphatic heterocycles. The number of carbonyl (C=O) groups is 2. The molecule has 1 aliphatic rings. The quantitative estimate of drug-likeness (QED) is 0.751. The maximum absolute atomic E-state index is 12.9. The van der Waals surface area contributed by atoms with Crippen molar-refractivity contribution in [2.24, 2.45) is 0 Å². The summed E-state index contributed by atoms with van der Waals surface area (Å²) < 4.78 is 0. The Kier molecular flexibility index (Phi) is 5.64. The number of para-hydroxylation sites is 1. The van der Waals surface area contributed by atoms with Gasteiger partial charge in [-0.25, -0.2) is 0 Å². The van der Waals surface area contributed by atoms with E-state index in [1.54, 1.807) is 24.3 Å². The van der Waals surface area contributed by atoms with Crippen molar-refractivity contribution < 1.29 is 9.59 Å². The van der Waals surface area contributed by atoms with E-state index in [2.05, 4.69) is 50.5 Å². The molecule has 1 saturated carbocycles. The predicted octanol–water partition coefficient (Wildman–Crippen LogP) is 5.08. The predicted molar refractivity (Wildman–Crippen MR) is 110 cm³/mol. The van der Waals surface area contributed by atoms with Gasteiger partial charge in [0.05, 0.1) is 0 Å². The molecule has 2 amide bonds. The molecule has 4 heteroatoms. The Morgan fingerprint density at radius 2 is 1.37 bits per heavy atom. The zero-order chi connectivity index (χ0) is 19.6. The van der Waals surface area contributed by atoms with Gasteiger partial charge in [-0.15, -0.1) is 0 Å². The van der Waals surface area contributed by atoms with Crippen LogP contribution in [0.25, 0.3) is 0 Å². The van der Waals surface area contributed by atoms with Gasteiger partial charge in [0.1, 0.15) is 0 Å². The normalized spacial score (nSPS) is 13.7. The fourth-order valence-electron chi connectivity index (χ4n) is 3.18. The molecule has 1 aliphatic carbocycles. The molecular weight excluding hydrogens is 336 g/mol. The van der Waals surface area contributed by atoms with Crippen molar-refractivity contribution in [3.63, 3.8) is 0 Å². The fraction of sp³-hybridized carbons (Fsp3) is 0.391. The van der Waals surface area contributed by atoms with Crippen LogP contribution >= 0.6 is 0 Å². The average molecular weight is 364 g/mol. The molecule has 0 aromatic heterocycles. The third-order valence-electron chi connectivity index (χ3n) is 4.91. The fourth-order valence-corrected chi connectivity index (χ4v) is 3.18. The van der Waals surface area contributed by atoms with Gasteiger partial charge in [0, 0.05) is 22.9 Å². The third kappa shape index (κ3) is 4.57. The number of amides is 2. The summed E-state index contributed by atoms with van der Waals surface area (Å²) >= 11 is 0. The van der Waals surface area contributed by atoms with Gasteiger partial charge in [0.25, 0.3) is 11.8 Å². The minimum absolute atomic E-state index is 0.113. The van der Waals surface area contributed by atoms with E-state index in [1.165, 1.54) is 0 Å². The molecule has 0 saturated heterocycles. The van der Waals surface area contributed by atoms with Crippen molar-refractivity contribution >= 4 is 17.5 Å². The molecule has 27 heavy (non-hydrogen) atoms. The first-order chi connectivity index (χ1) is 12.9. The molecule has 4 nitrogen and oxygen atoms in total.